The van der Waals surface area contributed by atoms with Gasteiger partial charge in [0.15, 0.2) is 0 Å². The van der Waals surface area contributed by atoms with Crippen LogP contribution in [-0.2, 0) is 4.79 Å². The van der Waals surface area contributed by atoms with E-state index < -0.39 is 5.91 Å². The average Bonchev–Trinajstić information content (AvgIpc) is 3.03. The molecule has 1 aliphatic heterocycles. The van der Waals surface area contributed by atoms with E-state index in [1.54, 1.807) is 0 Å². The van der Waals surface area contributed by atoms with E-state index in [1.807, 2.05) is 23.9 Å². The number of likely N-dealkylation sites (N-methyl/N-ethyl adjacent to an activating group) is 1. The first-order valence-corrected chi connectivity index (χ1v) is 9.66. The minimum absolute atomic E-state index is 0.0312. The molecule has 3 rings (SSSR count). The van der Waals surface area contributed by atoms with Gasteiger partial charge >= 0.3 is 0 Å². The first-order chi connectivity index (χ1) is 13.3. The molecule has 9 heteroatoms. The Bertz CT molecular complexity index is 741. The highest BCUT2D eigenvalue weighted by molar-refractivity contribution is 5.94. The molecule has 9 nitrogen and oxygen atoms in total. The molecule has 0 bridgehead atoms. The maximum atomic E-state index is 12.6. The van der Waals surface area contributed by atoms with E-state index in [2.05, 4.69) is 15.3 Å². The molecule has 1 saturated carbocycles. The number of likely N-dealkylation sites (tertiary alicyclic amines) is 1. The van der Waals surface area contributed by atoms with Gasteiger partial charge in [-0.1, -0.05) is 6.42 Å². The summed E-state index contributed by atoms with van der Waals surface area (Å²) in [5.74, 6) is -0.811. The van der Waals surface area contributed by atoms with Gasteiger partial charge in [0.05, 0.1) is 18.9 Å². The van der Waals surface area contributed by atoms with Crippen LogP contribution in [0.5, 0.6) is 0 Å². The third-order valence-electron chi connectivity index (χ3n) is 5.91. The molecule has 3 N–H and O–H groups in total. The summed E-state index contributed by atoms with van der Waals surface area (Å²) in [5, 5.41) is 3.11. The highest BCUT2D eigenvalue weighted by Crippen LogP contribution is 2.46. The second kappa shape index (κ2) is 8.22. The molecule has 2 fully saturated rings. The highest BCUT2D eigenvalue weighted by atomic mass is 16.2. The number of nitrogens with one attached hydrogen (secondary N) is 1. The Morgan fingerprint density at radius 2 is 1.82 bits per heavy atom. The number of carbonyl (C=O) groups excluding carboxylic acids is 3. The minimum Gasteiger partial charge on any atom is -0.364 e. The number of nitrogens with two attached hydrogens (primary N) is 1. The van der Waals surface area contributed by atoms with Crippen molar-refractivity contribution in [2.45, 2.75) is 38.1 Å². The summed E-state index contributed by atoms with van der Waals surface area (Å²) < 4.78 is 0. The van der Waals surface area contributed by atoms with Crippen LogP contribution in [0.2, 0.25) is 0 Å². The Morgan fingerprint density at radius 3 is 2.39 bits per heavy atom. The molecule has 1 aromatic rings. The zero-order chi connectivity index (χ0) is 20.3. The average molecular weight is 388 g/mol. The number of nitrogens with zero attached hydrogens (tertiary/aromatic N) is 4. The van der Waals surface area contributed by atoms with E-state index in [9.17, 15) is 14.4 Å². The molecule has 152 valence electrons. The quantitative estimate of drug-likeness (QED) is 0.734. The molecule has 0 aromatic carbocycles. The first kappa shape index (κ1) is 20.2. The summed E-state index contributed by atoms with van der Waals surface area (Å²) in [5.41, 5.74) is 5.39. The summed E-state index contributed by atoms with van der Waals surface area (Å²) in [6, 6.07) is 0.0590. The fourth-order valence-electron chi connectivity index (χ4n) is 4.34. The van der Waals surface area contributed by atoms with Gasteiger partial charge in [-0.2, -0.15) is 0 Å². The molecule has 1 saturated heterocycles. The van der Waals surface area contributed by atoms with Gasteiger partial charge in [0.1, 0.15) is 11.4 Å². The van der Waals surface area contributed by atoms with E-state index in [1.165, 1.54) is 12.4 Å². The Kier molecular flexibility index (Phi) is 5.93. The van der Waals surface area contributed by atoms with Crippen LogP contribution in [-0.4, -0.2) is 77.3 Å². The van der Waals surface area contributed by atoms with Crippen molar-refractivity contribution in [2.75, 3.05) is 33.7 Å². The maximum Gasteiger partial charge on any atom is 0.271 e. The lowest BCUT2D eigenvalue weighted by atomic mass is 9.74. The summed E-state index contributed by atoms with van der Waals surface area (Å²) in [6.07, 6.45) is 7.32. The zero-order valence-corrected chi connectivity index (χ0v) is 16.5. The number of amides is 3. The predicted molar refractivity (Wildman–Crippen MR) is 102 cm³/mol. The topological polar surface area (TPSA) is 122 Å². The lowest BCUT2D eigenvalue weighted by Crippen LogP contribution is -2.52. The number of hydrogen-bond donors (Lipinski definition) is 2. The van der Waals surface area contributed by atoms with Gasteiger partial charge in [0.2, 0.25) is 5.91 Å². The van der Waals surface area contributed by atoms with Crippen molar-refractivity contribution in [3.05, 3.63) is 23.8 Å². The van der Waals surface area contributed by atoms with Crippen LogP contribution >= 0.6 is 0 Å². The van der Waals surface area contributed by atoms with Gasteiger partial charge in [-0.05, 0) is 45.2 Å². The van der Waals surface area contributed by atoms with Crippen LogP contribution in [0.3, 0.4) is 0 Å². The second-order valence-corrected chi connectivity index (χ2v) is 8.05. The van der Waals surface area contributed by atoms with Gasteiger partial charge < -0.3 is 20.9 Å². The molecule has 1 aromatic heterocycles. The lowest BCUT2D eigenvalue weighted by molar-refractivity contribution is -0.134. The second-order valence-electron chi connectivity index (χ2n) is 8.05. The SMILES string of the molecule is CN(C)CC(=O)N1CCC2(CCCC2NC(=O)c2cnc(C(N)=O)cn2)CC1. The normalized spacial score (nSPS) is 21.1. The largest absolute Gasteiger partial charge is 0.364 e. The predicted octanol–water partition coefficient (Wildman–Crippen LogP) is 0.0282. The van der Waals surface area contributed by atoms with Crippen LogP contribution in [0.4, 0.5) is 0 Å². The Labute approximate surface area is 164 Å². The standard InChI is InChI=1S/C19H28N6O3/c1-24(2)12-16(26)25-8-6-19(7-9-25)5-3-4-15(19)23-18(28)14-11-21-13(10-22-14)17(20)27/h10-11,15H,3-9,12H2,1-2H3,(H2,20,27)(H,23,28). The van der Waals surface area contributed by atoms with Crippen molar-refractivity contribution in [1.82, 2.24) is 25.1 Å². The maximum absolute atomic E-state index is 12.6. The van der Waals surface area contributed by atoms with Crippen LogP contribution in [0.1, 0.15) is 53.1 Å². The van der Waals surface area contributed by atoms with Gasteiger partial charge in [0, 0.05) is 19.1 Å². The fraction of sp³-hybridized carbons (Fsp3) is 0.632. The number of rotatable bonds is 5. The van der Waals surface area contributed by atoms with Crippen LogP contribution in [0.25, 0.3) is 0 Å². The molecule has 0 radical (unpaired) electrons. The lowest BCUT2D eigenvalue weighted by Gasteiger charge is -2.43. The summed E-state index contributed by atoms with van der Waals surface area (Å²) in [4.78, 5) is 47.7. The smallest absolute Gasteiger partial charge is 0.271 e. The molecular weight excluding hydrogens is 360 g/mol. The van der Waals surface area contributed by atoms with Gasteiger partial charge in [-0.25, -0.2) is 9.97 Å². The highest BCUT2D eigenvalue weighted by Gasteiger charge is 2.46. The number of piperidine rings is 1. The van der Waals surface area contributed by atoms with E-state index in [0.717, 1.165) is 45.2 Å². The van der Waals surface area contributed by atoms with E-state index in [4.69, 9.17) is 5.73 Å². The van der Waals surface area contributed by atoms with Crippen LogP contribution < -0.4 is 11.1 Å². The van der Waals surface area contributed by atoms with Gasteiger partial charge in [-0.3, -0.25) is 14.4 Å². The molecule has 1 aliphatic carbocycles. The summed E-state index contributed by atoms with van der Waals surface area (Å²) in [6.45, 7) is 1.88. The molecule has 3 amide bonds. The third kappa shape index (κ3) is 4.30. The van der Waals surface area contributed by atoms with Crippen molar-refractivity contribution >= 4 is 17.7 Å². The third-order valence-corrected chi connectivity index (χ3v) is 5.91. The number of hydrogen-bond acceptors (Lipinski definition) is 6. The molecule has 1 unspecified atom stereocenters. The van der Waals surface area contributed by atoms with Crippen molar-refractivity contribution < 1.29 is 14.4 Å². The van der Waals surface area contributed by atoms with Gasteiger partial charge in [0.25, 0.3) is 11.8 Å². The zero-order valence-electron chi connectivity index (χ0n) is 16.5. The molecule has 1 spiro atoms. The number of primary amides is 1. The Hall–Kier alpha value is -2.55. The van der Waals surface area contributed by atoms with Crippen LogP contribution in [0.15, 0.2) is 12.4 Å². The van der Waals surface area contributed by atoms with E-state index in [-0.39, 0.29) is 34.7 Å². The molecule has 28 heavy (non-hydrogen) atoms. The van der Waals surface area contributed by atoms with E-state index >= 15 is 0 Å². The molecule has 2 heterocycles. The number of aromatic nitrogens is 2. The first-order valence-electron chi connectivity index (χ1n) is 9.66. The Balaban J connectivity index is 1.61. The summed E-state index contributed by atoms with van der Waals surface area (Å²) >= 11 is 0. The molecule has 1 atom stereocenters. The molecular formula is C19H28N6O3. The van der Waals surface area contributed by atoms with Crippen molar-refractivity contribution in [1.29, 1.82) is 0 Å². The van der Waals surface area contributed by atoms with Crippen molar-refractivity contribution in [3.63, 3.8) is 0 Å². The van der Waals surface area contributed by atoms with Crippen molar-refractivity contribution in [2.24, 2.45) is 11.1 Å². The number of carbonyl (C=O) groups is 3. The Morgan fingerprint density at radius 1 is 1.18 bits per heavy atom. The summed E-state index contributed by atoms with van der Waals surface area (Å²) in [7, 11) is 3.79. The fourth-order valence-corrected chi connectivity index (χ4v) is 4.34. The monoisotopic (exact) mass is 388 g/mol. The van der Waals surface area contributed by atoms with E-state index in [0.29, 0.717) is 6.54 Å². The van der Waals surface area contributed by atoms with Crippen LogP contribution in [0, 0.1) is 5.41 Å². The molecule has 2 aliphatic rings. The van der Waals surface area contributed by atoms with Gasteiger partial charge in [-0.15, -0.1) is 0 Å². The van der Waals surface area contributed by atoms with Crippen molar-refractivity contribution in [3.8, 4) is 0 Å². The minimum atomic E-state index is -0.676.